The van der Waals surface area contributed by atoms with Gasteiger partial charge in [-0.2, -0.15) is 4.31 Å². The summed E-state index contributed by atoms with van der Waals surface area (Å²) in [6, 6.07) is 3.76. The number of halogens is 1. The monoisotopic (exact) mass is 447 g/mol. The fraction of sp³-hybridized carbons (Fsp3) is 0.375. The Balaban J connectivity index is 1.84. The Labute approximate surface area is 170 Å². The second-order valence-corrected chi connectivity index (χ2v) is 10.7. The van der Waals surface area contributed by atoms with Gasteiger partial charge in [-0.25, -0.2) is 8.42 Å². The molecule has 3 heterocycles. The van der Waals surface area contributed by atoms with Gasteiger partial charge in [0.05, 0.1) is 9.90 Å². The Kier molecular flexibility index (Phi) is 6.21. The van der Waals surface area contributed by atoms with E-state index in [2.05, 4.69) is 10.6 Å². The highest BCUT2D eigenvalue weighted by molar-refractivity contribution is 7.91. The number of nitrogens with zero attached hydrogens (tertiary/aromatic N) is 1. The third-order valence-electron chi connectivity index (χ3n) is 4.24. The molecule has 1 aliphatic heterocycles. The summed E-state index contributed by atoms with van der Waals surface area (Å²) in [5.41, 5.74) is 0.353. The van der Waals surface area contributed by atoms with Gasteiger partial charge >= 0.3 is 0 Å². The average molecular weight is 448 g/mol. The number of thiophene rings is 2. The Hall–Kier alpha value is -1.46. The number of sulfonamides is 1. The first-order chi connectivity index (χ1) is 12.8. The maximum absolute atomic E-state index is 13.0. The van der Waals surface area contributed by atoms with Crippen LogP contribution in [-0.4, -0.2) is 44.2 Å². The van der Waals surface area contributed by atoms with E-state index in [1.165, 1.54) is 34.8 Å². The van der Waals surface area contributed by atoms with Crippen molar-refractivity contribution in [3.8, 4) is 0 Å². The zero-order valence-electron chi connectivity index (χ0n) is 14.4. The number of piperidine rings is 1. The zero-order chi connectivity index (χ0) is 19.6. The molecule has 1 saturated heterocycles. The van der Waals surface area contributed by atoms with Gasteiger partial charge in [0.25, 0.3) is 15.9 Å². The normalized spacial score (nSPS) is 18.2. The van der Waals surface area contributed by atoms with Gasteiger partial charge in [0, 0.05) is 13.6 Å². The van der Waals surface area contributed by atoms with Crippen LogP contribution in [0, 0.1) is 0 Å². The molecular weight excluding hydrogens is 430 g/mol. The maximum Gasteiger partial charge on any atom is 0.254 e. The van der Waals surface area contributed by atoms with Crippen molar-refractivity contribution in [1.82, 2.24) is 9.62 Å². The van der Waals surface area contributed by atoms with Crippen LogP contribution in [0.1, 0.15) is 29.6 Å². The number of nitrogens with one attached hydrogen (secondary N) is 2. The molecule has 2 aromatic heterocycles. The number of carbonyl (C=O) groups excluding carboxylic acids is 2. The van der Waals surface area contributed by atoms with E-state index in [0.717, 1.165) is 17.8 Å². The van der Waals surface area contributed by atoms with Crippen LogP contribution in [0.5, 0.6) is 0 Å². The summed E-state index contributed by atoms with van der Waals surface area (Å²) in [6.07, 6.45) is 1.86. The van der Waals surface area contributed by atoms with E-state index < -0.39 is 22.0 Å². The minimum absolute atomic E-state index is 0.120. The van der Waals surface area contributed by atoms with Crippen molar-refractivity contribution in [1.29, 1.82) is 0 Å². The smallest absolute Gasteiger partial charge is 0.254 e. The second-order valence-electron chi connectivity index (χ2n) is 5.92. The predicted octanol–water partition coefficient (Wildman–Crippen LogP) is 3.00. The highest BCUT2D eigenvalue weighted by Gasteiger charge is 2.38. The summed E-state index contributed by atoms with van der Waals surface area (Å²) in [5, 5.41) is 7.34. The largest absolute Gasteiger partial charge is 0.355 e. The number of amides is 2. The number of carbonyl (C=O) groups is 2. The topological polar surface area (TPSA) is 95.6 Å². The van der Waals surface area contributed by atoms with Gasteiger partial charge < -0.3 is 10.6 Å². The summed E-state index contributed by atoms with van der Waals surface area (Å²) in [7, 11) is -2.31. The van der Waals surface area contributed by atoms with E-state index in [9.17, 15) is 18.0 Å². The van der Waals surface area contributed by atoms with Crippen molar-refractivity contribution < 1.29 is 18.0 Å². The molecule has 0 radical (unpaired) electrons. The van der Waals surface area contributed by atoms with Crippen LogP contribution in [0.3, 0.4) is 0 Å². The Morgan fingerprint density at radius 3 is 2.70 bits per heavy atom. The van der Waals surface area contributed by atoms with Crippen LogP contribution in [0.25, 0.3) is 0 Å². The van der Waals surface area contributed by atoms with Crippen molar-refractivity contribution >= 4 is 61.1 Å². The van der Waals surface area contributed by atoms with Crippen LogP contribution in [0.15, 0.2) is 27.8 Å². The first kappa shape index (κ1) is 20.3. The van der Waals surface area contributed by atoms with Crippen molar-refractivity contribution in [2.45, 2.75) is 29.5 Å². The lowest BCUT2D eigenvalue weighted by Crippen LogP contribution is -2.49. The lowest BCUT2D eigenvalue weighted by Gasteiger charge is -2.33. The lowest BCUT2D eigenvalue weighted by molar-refractivity contribution is -0.120. The molecule has 11 heteroatoms. The summed E-state index contributed by atoms with van der Waals surface area (Å²) in [6.45, 7) is 0.267. The van der Waals surface area contributed by atoms with E-state index in [0.29, 0.717) is 27.7 Å². The molecule has 2 aromatic rings. The third kappa shape index (κ3) is 4.19. The number of anilines is 1. The minimum Gasteiger partial charge on any atom is -0.355 e. The molecular formula is C16H18ClN3O4S3. The van der Waals surface area contributed by atoms with Gasteiger partial charge in [0.1, 0.15) is 15.3 Å². The van der Waals surface area contributed by atoms with Crippen LogP contribution < -0.4 is 10.6 Å². The number of hydrogen-bond donors (Lipinski definition) is 2. The zero-order valence-corrected chi connectivity index (χ0v) is 17.6. The molecule has 1 fully saturated rings. The molecule has 0 spiro atoms. The Morgan fingerprint density at radius 1 is 1.26 bits per heavy atom. The summed E-state index contributed by atoms with van der Waals surface area (Å²) in [4.78, 5) is 24.7. The number of hydrogen-bond acceptors (Lipinski definition) is 6. The molecule has 2 N–H and O–H groups in total. The van der Waals surface area contributed by atoms with Crippen LogP contribution in [-0.2, 0) is 14.8 Å². The predicted molar refractivity (Wildman–Crippen MR) is 107 cm³/mol. The molecule has 2 amide bonds. The van der Waals surface area contributed by atoms with Crippen LogP contribution in [0.4, 0.5) is 5.00 Å². The van der Waals surface area contributed by atoms with Gasteiger partial charge in [-0.05, 0) is 36.4 Å². The van der Waals surface area contributed by atoms with E-state index in [1.54, 1.807) is 11.4 Å². The Morgan fingerprint density at radius 2 is 2.04 bits per heavy atom. The van der Waals surface area contributed by atoms with Crippen molar-refractivity contribution in [2.75, 3.05) is 18.9 Å². The highest BCUT2D eigenvalue weighted by Crippen LogP contribution is 2.32. The molecule has 1 atom stereocenters. The van der Waals surface area contributed by atoms with Gasteiger partial charge in [0.15, 0.2) is 0 Å². The molecule has 27 heavy (non-hydrogen) atoms. The highest BCUT2D eigenvalue weighted by atomic mass is 35.5. The summed E-state index contributed by atoms with van der Waals surface area (Å²) < 4.78 is 27.7. The molecule has 7 nitrogen and oxygen atoms in total. The molecule has 1 aliphatic rings. The van der Waals surface area contributed by atoms with Crippen molar-refractivity contribution in [3.05, 3.63) is 33.5 Å². The molecule has 0 aliphatic carbocycles. The van der Waals surface area contributed by atoms with Crippen LogP contribution >= 0.6 is 34.3 Å². The Bertz CT molecular complexity index is 954. The maximum atomic E-state index is 13.0. The van der Waals surface area contributed by atoms with Gasteiger partial charge in [0.2, 0.25) is 5.91 Å². The molecule has 0 aromatic carbocycles. The molecule has 0 bridgehead atoms. The van der Waals surface area contributed by atoms with Gasteiger partial charge in [-0.3, -0.25) is 9.59 Å². The lowest BCUT2D eigenvalue weighted by atomic mass is 10.0. The summed E-state index contributed by atoms with van der Waals surface area (Å²) >= 11 is 8.07. The first-order valence-electron chi connectivity index (χ1n) is 8.22. The van der Waals surface area contributed by atoms with Crippen LogP contribution in [0.2, 0.25) is 4.34 Å². The minimum atomic E-state index is -3.81. The van der Waals surface area contributed by atoms with E-state index in [4.69, 9.17) is 11.6 Å². The van der Waals surface area contributed by atoms with E-state index in [1.807, 2.05) is 0 Å². The van der Waals surface area contributed by atoms with Crippen molar-refractivity contribution in [3.63, 3.8) is 0 Å². The third-order valence-corrected chi connectivity index (χ3v) is 8.68. The van der Waals surface area contributed by atoms with Gasteiger partial charge in [-0.1, -0.05) is 18.0 Å². The molecule has 1 unspecified atom stereocenters. The summed E-state index contributed by atoms with van der Waals surface area (Å²) in [5.74, 6) is -0.749. The van der Waals surface area contributed by atoms with Crippen molar-refractivity contribution in [2.24, 2.45) is 0 Å². The van der Waals surface area contributed by atoms with E-state index in [-0.39, 0.29) is 16.7 Å². The fourth-order valence-electron chi connectivity index (χ4n) is 2.92. The second kappa shape index (κ2) is 8.27. The van der Waals surface area contributed by atoms with E-state index >= 15 is 0 Å². The average Bonchev–Trinajstić information content (AvgIpc) is 3.30. The quantitative estimate of drug-likeness (QED) is 0.736. The molecule has 3 rings (SSSR count). The standard InChI is InChI=1S/C16H18ClN3O4S3/c1-18-14(21)10-7-9-25-16(10)19-15(22)11-4-2-3-8-20(11)27(23,24)13-6-5-12(17)26-13/h5-7,9,11H,2-4,8H2,1H3,(H,18,21)(H,19,22). The fourth-order valence-corrected chi connectivity index (χ4v) is 6.98. The SMILES string of the molecule is CNC(=O)c1ccsc1NC(=O)C1CCCCN1S(=O)(=O)c1ccc(Cl)s1. The first-order valence-corrected chi connectivity index (χ1v) is 11.7. The molecule has 0 saturated carbocycles. The number of rotatable bonds is 5. The molecule has 146 valence electrons. The van der Waals surface area contributed by atoms with Gasteiger partial charge in [-0.15, -0.1) is 22.7 Å².